The molecule has 2 fully saturated rings. The lowest BCUT2D eigenvalue weighted by atomic mass is 10.0. The second-order valence-corrected chi connectivity index (χ2v) is 6.66. The normalized spacial score (nSPS) is 20.5. The minimum atomic E-state index is 0.161. The van der Waals surface area contributed by atoms with Crippen LogP contribution in [0.1, 0.15) is 12.0 Å². The van der Waals surface area contributed by atoms with Crippen molar-refractivity contribution in [3.63, 3.8) is 0 Å². The molecule has 0 radical (unpaired) electrons. The minimum absolute atomic E-state index is 0.161. The molecular weight excluding hydrogens is 260 g/mol. The smallest absolute Gasteiger partial charge is 0.223 e. The maximum atomic E-state index is 12.0. The van der Waals surface area contributed by atoms with Gasteiger partial charge in [0.25, 0.3) is 0 Å². The van der Waals surface area contributed by atoms with E-state index in [2.05, 4.69) is 5.32 Å². The van der Waals surface area contributed by atoms with Crippen LogP contribution in [0, 0.1) is 0 Å². The molecule has 2 N–H and O–H groups in total. The van der Waals surface area contributed by atoms with Crippen molar-refractivity contribution in [3.05, 3.63) is 29.8 Å². The lowest BCUT2D eigenvalue weighted by molar-refractivity contribution is -0.136. The summed E-state index contributed by atoms with van der Waals surface area (Å²) in [6.45, 7) is 2.73. The Morgan fingerprint density at radius 3 is 2.74 bits per heavy atom. The van der Waals surface area contributed by atoms with Gasteiger partial charge in [0.2, 0.25) is 5.91 Å². The molecule has 1 spiro atoms. The first-order valence-corrected chi connectivity index (χ1v) is 7.60. The van der Waals surface area contributed by atoms with E-state index in [0.717, 1.165) is 37.4 Å². The van der Waals surface area contributed by atoms with E-state index in [9.17, 15) is 9.90 Å². The Labute approximate surface area is 117 Å². The lowest BCUT2D eigenvalue weighted by Gasteiger charge is -2.47. The van der Waals surface area contributed by atoms with Gasteiger partial charge in [-0.15, -0.1) is 11.8 Å². The zero-order valence-electron chi connectivity index (χ0n) is 10.8. The monoisotopic (exact) mass is 278 g/mol. The van der Waals surface area contributed by atoms with Gasteiger partial charge in [0.15, 0.2) is 0 Å². The van der Waals surface area contributed by atoms with Gasteiger partial charge in [0.1, 0.15) is 10.6 Å². The number of nitrogens with one attached hydrogen (secondary N) is 1. The molecule has 0 aromatic heterocycles. The maximum absolute atomic E-state index is 12.0. The van der Waals surface area contributed by atoms with E-state index in [1.165, 1.54) is 0 Å². The first kappa shape index (κ1) is 12.8. The van der Waals surface area contributed by atoms with Crippen molar-refractivity contribution >= 4 is 17.7 Å². The van der Waals surface area contributed by atoms with Gasteiger partial charge in [-0.2, -0.15) is 0 Å². The zero-order valence-corrected chi connectivity index (χ0v) is 11.6. The predicted octanol–water partition coefficient (Wildman–Crippen LogP) is 1.20. The summed E-state index contributed by atoms with van der Waals surface area (Å²) in [5.74, 6) is 1.65. The molecule has 2 aliphatic heterocycles. The maximum Gasteiger partial charge on any atom is 0.223 e. The fraction of sp³-hybridized carbons (Fsp3) is 0.500. The third-order valence-corrected chi connectivity index (χ3v) is 5.10. The van der Waals surface area contributed by atoms with Gasteiger partial charge in [0.05, 0.1) is 13.1 Å². The number of carbonyl (C=O) groups is 1. The van der Waals surface area contributed by atoms with E-state index in [-0.39, 0.29) is 16.5 Å². The van der Waals surface area contributed by atoms with Crippen LogP contribution < -0.4 is 5.32 Å². The van der Waals surface area contributed by atoms with E-state index in [1.54, 1.807) is 12.1 Å². The Bertz CT molecular complexity index is 461. The Morgan fingerprint density at radius 1 is 1.37 bits per heavy atom. The Kier molecular flexibility index (Phi) is 3.41. The third-order valence-electron chi connectivity index (χ3n) is 3.74. The van der Waals surface area contributed by atoms with Gasteiger partial charge in [-0.3, -0.25) is 10.1 Å². The van der Waals surface area contributed by atoms with Gasteiger partial charge in [-0.1, -0.05) is 12.1 Å². The second-order valence-electron chi connectivity index (χ2n) is 5.19. The van der Waals surface area contributed by atoms with Gasteiger partial charge < -0.3 is 10.0 Å². The molecule has 0 bridgehead atoms. The molecule has 2 aliphatic rings. The number of aryl methyl sites for hydroxylation is 1. The first-order chi connectivity index (χ1) is 9.17. The molecule has 19 heavy (non-hydrogen) atoms. The number of thioether (sulfide) groups is 1. The van der Waals surface area contributed by atoms with Crippen molar-refractivity contribution in [2.45, 2.75) is 17.7 Å². The molecule has 4 nitrogen and oxygen atoms in total. The van der Waals surface area contributed by atoms with Crippen molar-refractivity contribution in [1.82, 2.24) is 10.2 Å². The second kappa shape index (κ2) is 5.06. The average Bonchev–Trinajstić information content (AvgIpc) is 2.85. The number of aromatic hydroxyl groups is 1. The van der Waals surface area contributed by atoms with E-state index >= 15 is 0 Å². The summed E-state index contributed by atoms with van der Waals surface area (Å²) in [4.78, 5) is 14.1. The van der Waals surface area contributed by atoms with E-state index in [4.69, 9.17) is 0 Å². The largest absolute Gasteiger partial charge is 0.508 e. The Morgan fingerprint density at radius 2 is 2.11 bits per heavy atom. The molecular formula is C14H18N2O2S. The minimum Gasteiger partial charge on any atom is -0.508 e. The summed E-state index contributed by atoms with van der Waals surface area (Å²) >= 11 is 1.94. The highest BCUT2D eigenvalue weighted by atomic mass is 32.2. The molecule has 1 aromatic rings. The molecule has 0 atom stereocenters. The molecule has 0 unspecified atom stereocenters. The first-order valence-electron chi connectivity index (χ1n) is 6.62. The van der Waals surface area contributed by atoms with E-state index < -0.39 is 0 Å². The summed E-state index contributed by atoms with van der Waals surface area (Å²) in [7, 11) is 0. The molecule has 2 saturated heterocycles. The van der Waals surface area contributed by atoms with Crippen LogP contribution in [0.25, 0.3) is 0 Å². The van der Waals surface area contributed by atoms with E-state index in [1.807, 2.05) is 28.8 Å². The summed E-state index contributed by atoms with van der Waals surface area (Å²) in [6, 6.07) is 7.07. The number of nitrogens with zero attached hydrogens (tertiary/aromatic N) is 1. The molecule has 102 valence electrons. The molecule has 3 rings (SSSR count). The molecule has 1 aromatic carbocycles. The van der Waals surface area contributed by atoms with Crippen LogP contribution in [0.15, 0.2) is 24.3 Å². The Hall–Kier alpha value is -1.20. The number of benzene rings is 1. The standard InChI is InChI=1S/C14H18N2O2S/c17-12-4-1-11(2-5-12)3-6-13(18)16-9-14(10-16)15-7-8-19-14/h1-2,4-5,15,17H,3,6-10H2. The number of phenolic OH excluding ortho intramolecular Hbond substituents is 1. The SMILES string of the molecule is O=C(CCc1ccc(O)cc1)N1CC2(C1)NCCS2. The topological polar surface area (TPSA) is 52.6 Å². The highest BCUT2D eigenvalue weighted by Gasteiger charge is 2.47. The fourth-order valence-electron chi connectivity index (χ4n) is 2.60. The van der Waals surface area contributed by atoms with Crippen molar-refractivity contribution < 1.29 is 9.90 Å². The quantitative estimate of drug-likeness (QED) is 0.872. The number of carbonyl (C=O) groups excluding carboxylic acids is 1. The number of amides is 1. The fourth-order valence-corrected chi connectivity index (χ4v) is 3.89. The molecule has 2 heterocycles. The molecule has 0 aliphatic carbocycles. The van der Waals surface area contributed by atoms with Crippen LogP contribution in [0.3, 0.4) is 0 Å². The molecule has 1 amide bonds. The number of rotatable bonds is 3. The predicted molar refractivity (Wildman–Crippen MR) is 76.2 cm³/mol. The number of likely N-dealkylation sites (tertiary alicyclic amines) is 1. The van der Waals surface area contributed by atoms with Crippen molar-refractivity contribution in [1.29, 1.82) is 0 Å². The third kappa shape index (κ3) is 2.72. The highest BCUT2D eigenvalue weighted by molar-refractivity contribution is 8.01. The Balaban J connectivity index is 1.46. The highest BCUT2D eigenvalue weighted by Crippen LogP contribution is 2.36. The number of hydrogen-bond donors (Lipinski definition) is 2. The number of hydrogen-bond acceptors (Lipinski definition) is 4. The van der Waals surface area contributed by atoms with Crippen LogP contribution >= 0.6 is 11.8 Å². The summed E-state index contributed by atoms with van der Waals surface area (Å²) in [6.07, 6.45) is 1.29. The van der Waals surface area contributed by atoms with Gasteiger partial charge in [0, 0.05) is 18.7 Å². The van der Waals surface area contributed by atoms with Gasteiger partial charge in [-0.05, 0) is 24.1 Å². The van der Waals surface area contributed by atoms with Crippen LogP contribution in [0.2, 0.25) is 0 Å². The van der Waals surface area contributed by atoms with Crippen LogP contribution in [0.4, 0.5) is 0 Å². The summed E-state index contributed by atoms with van der Waals surface area (Å²) in [5, 5.41) is 12.7. The van der Waals surface area contributed by atoms with Crippen molar-refractivity contribution in [2.75, 3.05) is 25.4 Å². The van der Waals surface area contributed by atoms with E-state index in [0.29, 0.717) is 6.42 Å². The average molecular weight is 278 g/mol. The summed E-state index contributed by atoms with van der Waals surface area (Å²) in [5.41, 5.74) is 1.09. The molecule has 0 saturated carbocycles. The van der Waals surface area contributed by atoms with Gasteiger partial charge in [-0.25, -0.2) is 0 Å². The van der Waals surface area contributed by atoms with Crippen molar-refractivity contribution in [3.8, 4) is 5.75 Å². The van der Waals surface area contributed by atoms with Crippen LogP contribution in [0.5, 0.6) is 5.75 Å². The zero-order chi connectivity index (χ0) is 13.3. The van der Waals surface area contributed by atoms with Crippen molar-refractivity contribution in [2.24, 2.45) is 0 Å². The molecule has 5 heteroatoms. The van der Waals surface area contributed by atoms with Gasteiger partial charge >= 0.3 is 0 Å². The lowest BCUT2D eigenvalue weighted by Crippen LogP contribution is -2.66. The van der Waals surface area contributed by atoms with Crippen LogP contribution in [-0.4, -0.2) is 46.2 Å². The number of phenols is 1. The summed E-state index contributed by atoms with van der Waals surface area (Å²) < 4.78 is 0. The van der Waals surface area contributed by atoms with Crippen LogP contribution in [-0.2, 0) is 11.2 Å².